The van der Waals surface area contributed by atoms with Crippen LogP contribution < -0.4 is 15.0 Å². The van der Waals surface area contributed by atoms with Gasteiger partial charge in [0.05, 0.1) is 16.4 Å². The van der Waals surface area contributed by atoms with Crippen molar-refractivity contribution >= 4 is 52.0 Å². The Bertz CT molecular complexity index is 1460. The number of rotatable bonds is 11. The van der Waals surface area contributed by atoms with E-state index in [1.165, 1.54) is 23.1 Å². The third-order valence-electron chi connectivity index (χ3n) is 6.17. The van der Waals surface area contributed by atoms with Gasteiger partial charge in [0.2, 0.25) is 0 Å². The Kier molecular flexibility index (Phi) is 9.18. The van der Waals surface area contributed by atoms with Crippen molar-refractivity contribution in [3.05, 3.63) is 98.9 Å². The summed E-state index contributed by atoms with van der Waals surface area (Å²) in [5.74, 6) is -0.558. The first-order valence-electron chi connectivity index (χ1n) is 12.6. The zero-order chi connectivity index (χ0) is 28.6. The lowest BCUT2D eigenvalue weighted by molar-refractivity contribution is -0.384. The smallest absolute Gasteiger partial charge is 0.293 e. The van der Waals surface area contributed by atoms with E-state index in [4.69, 9.17) is 4.74 Å². The zero-order valence-corrected chi connectivity index (χ0v) is 22.8. The lowest BCUT2D eigenvalue weighted by Gasteiger charge is -2.22. The summed E-state index contributed by atoms with van der Waals surface area (Å²) < 4.78 is 5.89. The molecular formula is C29H28N4O6S. The molecule has 10 nitrogen and oxygen atoms in total. The average Bonchev–Trinajstić information content (AvgIpc) is 3.21. The molecule has 40 heavy (non-hydrogen) atoms. The van der Waals surface area contributed by atoms with Gasteiger partial charge in [0.15, 0.2) is 6.61 Å². The minimum atomic E-state index is -0.543. The van der Waals surface area contributed by atoms with Gasteiger partial charge >= 0.3 is 0 Å². The topological polar surface area (TPSA) is 122 Å². The lowest BCUT2D eigenvalue weighted by Crippen LogP contribution is -2.27. The summed E-state index contributed by atoms with van der Waals surface area (Å²) in [6.45, 7) is 5.34. The molecule has 1 heterocycles. The van der Waals surface area contributed by atoms with Crippen LogP contribution in [0.25, 0.3) is 6.08 Å². The maximum absolute atomic E-state index is 13.1. The Labute approximate surface area is 235 Å². The molecule has 1 aliphatic rings. The molecule has 206 valence electrons. The number of amides is 3. The number of hydrogen-bond acceptors (Lipinski definition) is 8. The number of carbonyl (C=O) groups excluding carboxylic acids is 3. The molecule has 0 radical (unpaired) electrons. The van der Waals surface area contributed by atoms with Gasteiger partial charge in [-0.25, -0.2) is 0 Å². The predicted molar refractivity (Wildman–Crippen MR) is 155 cm³/mol. The molecule has 4 rings (SSSR count). The van der Waals surface area contributed by atoms with Crippen LogP contribution in [0.3, 0.4) is 0 Å². The van der Waals surface area contributed by atoms with Crippen LogP contribution in [0.2, 0.25) is 0 Å². The van der Waals surface area contributed by atoms with E-state index in [1.54, 1.807) is 24.3 Å². The number of carbonyl (C=O) groups is 3. The molecule has 0 aliphatic carbocycles. The maximum Gasteiger partial charge on any atom is 0.293 e. The highest BCUT2D eigenvalue weighted by Gasteiger charge is 2.35. The maximum atomic E-state index is 13.1. The van der Waals surface area contributed by atoms with Crippen LogP contribution in [0.4, 0.5) is 21.9 Å². The molecule has 0 saturated carbocycles. The van der Waals surface area contributed by atoms with Crippen molar-refractivity contribution in [1.82, 2.24) is 4.90 Å². The third-order valence-corrected chi connectivity index (χ3v) is 7.08. The normalized spacial score (nSPS) is 13.9. The SMILES string of the molecule is CCN(CC)c1ccc(/C=C2/SC(=O)N(Cc3ccccc3)C2=O)c(OCC(=O)Nc2cccc([N+](=O)[O-])c2)c1. The molecule has 11 heteroatoms. The van der Waals surface area contributed by atoms with Crippen molar-refractivity contribution in [1.29, 1.82) is 0 Å². The second-order valence-electron chi connectivity index (χ2n) is 8.79. The van der Waals surface area contributed by atoms with Gasteiger partial charge in [-0.2, -0.15) is 0 Å². The Hall–Kier alpha value is -4.64. The summed E-state index contributed by atoms with van der Waals surface area (Å²) in [5, 5.41) is 13.3. The highest BCUT2D eigenvalue weighted by Crippen LogP contribution is 2.36. The van der Waals surface area contributed by atoms with Gasteiger partial charge in [-0.05, 0) is 55.4 Å². The number of nitrogens with one attached hydrogen (secondary N) is 1. The summed E-state index contributed by atoms with van der Waals surface area (Å²) in [6, 6.07) is 20.3. The Morgan fingerprint density at radius 2 is 1.80 bits per heavy atom. The molecule has 0 unspecified atom stereocenters. The largest absolute Gasteiger partial charge is 0.483 e. The summed E-state index contributed by atoms with van der Waals surface area (Å²) >= 11 is 0.852. The number of hydrogen-bond donors (Lipinski definition) is 1. The van der Waals surface area contributed by atoms with E-state index < -0.39 is 16.7 Å². The minimum Gasteiger partial charge on any atom is -0.483 e. The molecule has 3 aromatic rings. The number of non-ortho nitro benzene ring substituents is 1. The number of nitro groups is 1. The van der Waals surface area contributed by atoms with Crippen LogP contribution >= 0.6 is 11.8 Å². The molecule has 0 atom stereocenters. The molecule has 3 amide bonds. The zero-order valence-electron chi connectivity index (χ0n) is 22.0. The van der Waals surface area contributed by atoms with E-state index in [1.807, 2.05) is 50.2 Å². The van der Waals surface area contributed by atoms with Crippen LogP contribution in [0.5, 0.6) is 5.75 Å². The Morgan fingerprint density at radius 1 is 1.05 bits per heavy atom. The van der Waals surface area contributed by atoms with Crippen LogP contribution in [0, 0.1) is 10.1 Å². The molecule has 0 bridgehead atoms. The highest BCUT2D eigenvalue weighted by molar-refractivity contribution is 8.18. The van der Waals surface area contributed by atoms with Crippen molar-refractivity contribution in [3.63, 3.8) is 0 Å². The number of anilines is 2. The Morgan fingerprint density at radius 3 is 2.50 bits per heavy atom. The summed E-state index contributed by atoms with van der Waals surface area (Å²) in [5.41, 5.74) is 2.37. The second-order valence-corrected chi connectivity index (χ2v) is 9.79. The first kappa shape index (κ1) is 28.4. The fourth-order valence-electron chi connectivity index (χ4n) is 4.13. The van der Waals surface area contributed by atoms with E-state index in [9.17, 15) is 24.5 Å². The van der Waals surface area contributed by atoms with E-state index in [2.05, 4.69) is 10.2 Å². The number of nitro benzene ring substituents is 1. The van der Waals surface area contributed by atoms with E-state index >= 15 is 0 Å². The Balaban J connectivity index is 1.55. The van der Waals surface area contributed by atoms with Gasteiger partial charge in [0.25, 0.3) is 22.7 Å². The van der Waals surface area contributed by atoms with Crippen LogP contribution in [0.15, 0.2) is 77.7 Å². The molecule has 1 saturated heterocycles. The molecule has 0 aromatic heterocycles. The van der Waals surface area contributed by atoms with E-state index in [0.29, 0.717) is 11.3 Å². The number of ether oxygens (including phenoxy) is 1. The number of imide groups is 1. The standard InChI is InChI=1S/C29H28N4O6S/c1-3-31(4-2)23-14-13-21(15-26-28(35)32(29(36)40-26)18-20-9-6-5-7-10-20)25(17-23)39-19-27(34)30-22-11-8-12-24(16-22)33(37)38/h5-17H,3-4,18-19H2,1-2H3,(H,30,34)/b26-15+. The van der Waals surface area contributed by atoms with Crippen molar-refractivity contribution in [2.75, 3.05) is 29.9 Å². The fraction of sp³-hybridized carbons (Fsp3) is 0.207. The fourth-order valence-corrected chi connectivity index (χ4v) is 4.96. The van der Waals surface area contributed by atoms with Gasteiger partial charge in [-0.15, -0.1) is 0 Å². The molecular weight excluding hydrogens is 532 g/mol. The molecule has 1 fully saturated rings. The van der Waals surface area contributed by atoms with Gasteiger partial charge in [-0.3, -0.25) is 29.4 Å². The van der Waals surface area contributed by atoms with Crippen molar-refractivity contribution in [2.24, 2.45) is 0 Å². The van der Waals surface area contributed by atoms with Crippen LogP contribution in [-0.2, 0) is 16.1 Å². The van der Waals surface area contributed by atoms with Crippen LogP contribution in [0.1, 0.15) is 25.0 Å². The quantitative estimate of drug-likeness (QED) is 0.180. The van der Waals surface area contributed by atoms with E-state index in [0.717, 1.165) is 36.1 Å². The van der Waals surface area contributed by atoms with Crippen molar-refractivity contribution in [2.45, 2.75) is 20.4 Å². The average molecular weight is 561 g/mol. The summed E-state index contributed by atoms with van der Waals surface area (Å²) in [4.78, 5) is 52.4. The molecule has 1 N–H and O–H groups in total. The first-order chi connectivity index (χ1) is 19.3. The summed E-state index contributed by atoms with van der Waals surface area (Å²) in [6.07, 6.45) is 1.59. The van der Waals surface area contributed by atoms with Gasteiger partial charge in [0.1, 0.15) is 5.75 Å². The van der Waals surface area contributed by atoms with Crippen LogP contribution in [-0.4, -0.2) is 46.6 Å². The van der Waals surface area contributed by atoms with Gasteiger partial charge in [0, 0.05) is 48.2 Å². The predicted octanol–water partition coefficient (Wildman–Crippen LogP) is 5.70. The lowest BCUT2D eigenvalue weighted by atomic mass is 10.1. The molecule has 0 spiro atoms. The van der Waals surface area contributed by atoms with Gasteiger partial charge in [-0.1, -0.05) is 36.4 Å². The first-order valence-corrected chi connectivity index (χ1v) is 13.5. The number of nitrogens with zero attached hydrogens (tertiary/aromatic N) is 3. The molecule has 3 aromatic carbocycles. The summed E-state index contributed by atoms with van der Waals surface area (Å²) in [7, 11) is 0. The van der Waals surface area contributed by atoms with Crippen molar-refractivity contribution < 1.29 is 24.0 Å². The third kappa shape index (κ3) is 6.86. The van der Waals surface area contributed by atoms with Crippen molar-refractivity contribution in [3.8, 4) is 5.75 Å². The van der Waals surface area contributed by atoms with E-state index in [-0.39, 0.29) is 34.7 Å². The number of benzene rings is 3. The second kappa shape index (κ2) is 12.9. The minimum absolute atomic E-state index is 0.144. The van der Waals surface area contributed by atoms with Gasteiger partial charge < -0.3 is 15.0 Å². The monoisotopic (exact) mass is 560 g/mol. The highest BCUT2D eigenvalue weighted by atomic mass is 32.2. The number of thioether (sulfide) groups is 1. The molecule has 1 aliphatic heterocycles.